The highest BCUT2D eigenvalue weighted by molar-refractivity contribution is 5.58. The zero-order valence-corrected chi connectivity index (χ0v) is 18.2. The van der Waals surface area contributed by atoms with Crippen molar-refractivity contribution >= 4 is 5.69 Å². The van der Waals surface area contributed by atoms with Gasteiger partial charge in [-0.3, -0.25) is 4.90 Å². The number of ether oxygens (including phenoxy) is 2. The number of anilines is 1. The molecule has 0 amide bonds. The van der Waals surface area contributed by atoms with E-state index in [1.54, 1.807) is 7.11 Å². The number of phenolic OH excluding ortho intramolecular Hbond substituents is 1. The van der Waals surface area contributed by atoms with E-state index in [-0.39, 0.29) is 0 Å². The number of aryl methyl sites for hydroxylation is 1. The van der Waals surface area contributed by atoms with Crippen molar-refractivity contribution in [3.8, 4) is 17.2 Å². The molecule has 29 heavy (non-hydrogen) atoms. The van der Waals surface area contributed by atoms with E-state index in [0.29, 0.717) is 12.4 Å². The second-order valence-electron chi connectivity index (χ2n) is 7.85. The van der Waals surface area contributed by atoms with E-state index in [1.165, 1.54) is 5.69 Å². The predicted octanol–water partition coefficient (Wildman–Crippen LogP) is 4.31. The van der Waals surface area contributed by atoms with Crippen LogP contribution in [0.25, 0.3) is 0 Å². The van der Waals surface area contributed by atoms with Gasteiger partial charge in [0.05, 0.1) is 19.4 Å². The number of unbranched alkanes of at least 4 members (excludes halogenated alkanes) is 1. The molecule has 0 aliphatic carbocycles. The van der Waals surface area contributed by atoms with E-state index in [9.17, 15) is 5.11 Å². The first-order chi connectivity index (χ1) is 14.0. The number of hydrogen-bond acceptors (Lipinski definition) is 5. The zero-order valence-electron chi connectivity index (χ0n) is 18.2. The van der Waals surface area contributed by atoms with E-state index in [1.807, 2.05) is 39.0 Å². The van der Waals surface area contributed by atoms with Gasteiger partial charge < -0.3 is 19.5 Å². The van der Waals surface area contributed by atoms with Gasteiger partial charge in [0, 0.05) is 26.2 Å². The van der Waals surface area contributed by atoms with Gasteiger partial charge in [-0.1, -0.05) is 12.1 Å². The van der Waals surface area contributed by atoms with Gasteiger partial charge in [0.15, 0.2) is 0 Å². The summed E-state index contributed by atoms with van der Waals surface area (Å²) in [6.45, 7) is 11.9. The van der Waals surface area contributed by atoms with Crippen LogP contribution < -0.4 is 14.4 Å². The summed E-state index contributed by atoms with van der Waals surface area (Å²) in [4.78, 5) is 4.95. The molecular weight excluding hydrogens is 364 g/mol. The van der Waals surface area contributed by atoms with Gasteiger partial charge in [0.2, 0.25) is 0 Å². The van der Waals surface area contributed by atoms with Crippen molar-refractivity contribution in [3.05, 3.63) is 47.0 Å². The molecule has 1 N–H and O–H groups in total. The van der Waals surface area contributed by atoms with Crippen LogP contribution >= 0.6 is 0 Å². The third-order valence-electron chi connectivity index (χ3n) is 5.93. The summed E-state index contributed by atoms with van der Waals surface area (Å²) in [7, 11) is 1.74. The molecular formula is C24H34N2O3. The Kier molecular flexibility index (Phi) is 7.26. The highest BCUT2D eigenvalue weighted by Crippen LogP contribution is 2.32. The molecule has 158 valence electrons. The predicted molar refractivity (Wildman–Crippen MR) is 119 cm³/mol. The molecule has 3 rings (SSSR count). The van der Waals surface area contributed by atoms with E-state index in [0.717, 1.165) is 73.8 Å². The average molecular weight is 399 g/mol. The third-order valence-corrected chi connectivity index (χ3v) is 5.93. The topological polar surface area (TPSA) is 45.2 Å². The van der Waals surface area contributed by atoms with Crippen molar-refractivity contribution in [2.75, 3.05) is 51.3 Å². The summed E-state index contributed by atoms with van der Waals surface area (Å²) < 4.78 is 11.5. The van der Waals surface area contributed by atoms with Crippen LogP contribution in [0.15, 0.2) is 30.3 Å². The Balaban J connectivity index is 1.39. The second kappa shape index (κ2) is 9.88. The Morgan fingerprint density at radius 2 is 1.66 bits per heavy atom. The van der Waals surface area contributed by atoms with Crippen molar-refractivity contribution in [1.82, 2.24) is 4.90 Å². The average Bonchev–Trinajstić information content (AvgIpc) is 2.75. The van der Waals surface area contributed by atoms with Crippen molar-refractivity contribution in [3.63, 3.8) is 0 Å². The largest absolute Gasteiger partial charge is 0.507 e. The maximum Gasteiger partial charge on any atom is 0.142 e. The molecule has 0 spiro atoms. The molecule has 1 heterocycles. The molecule has 5 nitrogen and oxygen atoms in total. The van der Waals surface area contributed by atoms with Gasteiger partial charge in [0.1, 0.15) is 17.2 Å². The van der Waals surface area contributed by atoms with Gasteiger partial charge in [-0.2, -0.15) is 0 Å². The molecule has 0 bridgehead atoms. The molecule has 2 aromatic rings. The summed E-state index contributed by atoms with van der Waals surface area (Å²) in [5.74, 6) is 2.22. The number of rotatable bonds is 8. The van der Waals surface area contributed by atoms with E-state index in [4.69, 9.17) is 9.47 Å². The lowest BCUT2D eigenvalue weighted by Crippen LogP contribution is -2.46. The summed E-state index contributed by atoms with van der Waals surface area (Å²) in [5.41, 5.74) is 4.00. The fourth-order valence-corrected chi connectivity index (χ4v) is 3.90. The molecule has 0 aromatic heterocycles. The number of hydrogen-bond donors (Lipinski definition) is 1. The van der Waals surface area contributed by atoms with Crippen LogP contribution in [0.3, 0.4) is 0 Å². The number of para-hydroxylation sites is 2. The van der Waals surface area contributed by atoms with E-state index < -0.39 is 0 Å². The van der Waals surface area contributed by atoms with Crippen LogP contribution in [0, 0.1) is 20.8 Å². The van der Waals surface area contributed by atoms with Crippen LogP contribution in [-0.4, -0.2) is 56.4 Å². The first-order valence-corrected chi connectivity index (χ1v) is 10.5. The molecule has 1 aliphatic heterocycles. The standard InChI is InChI=1S/C24H34N2O3/c1-18-17-23(19(2)20(3)24(18)27)29-16-8-7-11-25-12-14-26(15-13-25)21-9-5-6-10-22(21)28-4/h5-6,9-10,17,27H,7-8,11-16H2,1-4H3. The van der Waals surface area contributed by atoms with Crippen LogP contribution in [0.2, 0.25) is 0 Å². The quantitative estimate of drug-likeness (QED) is 0.672. The number of piperazine rings is 1. The van der Waals surface area contributed by atoms with E-state index >= 15 is 0 Å². The summed E-state index contributed by atoms with van der Waals surface area (Å²) >= 11 is 0. The van der Waals surface area contributed by atoms with Crippen LogP contribution in [-0.2, 0) is 0 Å². The number of phenols is 1. The molecule has 0 atom stereocenters. The molecule has 5 heteroatoms. The maximum atomic E-state index is 10.0. The molecule has 1 saturated heterocycles. The molecule has 0 radical (unpaired) electrons. The first-order valence-electron chi connectivity index (χ1n) is 10.5. The molecule has 2 aromatic carbocycles. The highest BCUT2D eigenvalue weighted by Gasteiger charge is 2.19. The smallest absolute Gasteiger partial charge is 0.142 e. The van der Waals surface area contributed by atoms with Crippen molar-refractivity contribution in [2.24, 2.45) is 0 Å². The summed E-state index contributed by atoms with van der Waals surface area (Å²) in [6, 6.07) is 10.2. The molecule has 0 saturated carbocycles. The second-order valence-corrected chi connectivity index (χ2v) is 7.85. The maximum absolute atomic E-state index is 10.0. The van der Waals surface area contributed by atoms with Crippen LogP contribution in [0.4, 0.5) is 5.69 Å². The fraction of sp³-hybridized carbons (Fsp3) is 0.500. The van der Waals surface area contributed by atoms with Gasteiger partial charge >= 0.3 is 0 Å². The lowest BCUT2D eigenvalue weighted by atomic mass is 10.0. The van der Waals surface area contributed by atoms with Gasteiger partial charge in [0.25, 0.3) is 0 Å². The molecule has 1 aliphatic rings. The van der Waals surface area contributed by atoms with Crippen molar-refractivity contribution in [1.29, 1.82) is 0 Å². The van der Waals surface area contributed by atoms with Gasteiger partial charge in [-0.15, -0.1) is 0 Å². The summed E-state index contributed by atoms with van der Waals surface area (Å²) in [5, 5.41) is 10.0. The monoisotopic (exact) mass is 398 g/mol. The Bertz CT molecular complexity index is 814. The van der Waals surface area contributed by atoms with Gasteiger partial charge in [-0.05, 0) is 75.0 Å². The minimum absolute atomic E-state index is 0.377. The fourth-order valence-electron chi connectivity index (χ4n) is 3.90. The lowest BCUT2D eigenvalue weighted by molar-refractivity contribution is 0.237. The SMILES string of the molecule is COc1ccccc1N1CCN(CCCCOc2cc(C)c(O)c(C)c2C)CC1. The van der Waals surface area contributed by atoms with Crippen LogP contribution in [0.5, 0.6) is 17.2 Å². The highest BCUT2D eigenvalue weighted by atomic mass is 16.5. The van der Waals surface area contributed by atoms with Crippen molar-refractivity contribution < 1.29 is 14.6 Å². The number of aromatic hydroxyl groups is 1. The minimum Gasteiger partial charge on any atom is -0.507 e. The molecule has 0 unspecified atom stereocenters. The molecule has 1 fully saturated rings. The third kappa shape index (κ3) is 5.15. The summed E-state index contributed by atoms with van der Waals surface area (Å²) in [6.07, 6.45) is 2.16. The Morgan fingerprint density at radius 1 is 0.931 bits per heavy atom. The number of methoxy groups -OCH3 is 1. The number of nitrogens with zero attached hydrogens (tertiary/aromatic N) is 2. The van der Waals surface area contributed by atoms with Gasteiger partial charge in [-0.25, -0.2) is 0 Å². The number of benzene rings is 2. The van der Waals surface area contributed by atoms with E-state index in [2.05, 4.69) is 21.9 Å². The minimum atomic E-state index is 0.377. The van der Waals surface area contributed by atoms with Crippen molar-refractivity contribution in [2.45, 2.75) is 33.6 Å². The Hall–Kier alpha value is -2.40. The lowest BCUT2D eigenvalue weighted by Gasteiger charge is -2.36. The Morgan fingerprint density at radius 3 is 2.38 bits per heavy atom. The zero-order chi connectivity index (χ0) is 20.8. The Labute approximate surface area is 174 Å². The first kappa shape index (κ1) is 21.3. The normalized spacial score (nSPS) is 14.8. The van der Waals surface area contributed by atoms with Crippen LogP contribution in [0.1, 0.15) is 29.5 Å².